The van der Waals surface area contributed by atoms with Crippen LogP contribution in [-0.4, -0.2) is 22.1 Å². The summed E-state index contributed by atoms with van der Waals surface area (Å²) in [7, 11) is 0. The number of carbonyl (C=O) groups is 1. The highest BCUT2D eigenvalue weighted by Gasteiger charge is 2.04. The van der Waals surface area contributed by atoms with E-state index in [2.05, 4.69) is 29.4 Å². The molecule has 1 amide bonds. The number of amides is 1. The maximum absolute atomic E-state index is 10.7. The van der Waals surface area contributed by atoms with E-state index in [1.165, 1.54) is 0 Å². The van der Waals surface area contributed by atoms with Crippen molar-refractivity contribution in [2.24, 2.45) is 5.73 Å². The summed E-state index contributed by atoms with van der Waals surface area (Å²) in [5.74, 6) is 0.108. The Morgan fingerprint density at radius 3 is 2.73 bits per heavy atom. The van der Waals surface area contributed by atoms with Gasteiger partial charge >= 0.3 is 0 Å². The maximum atomic E-state index is 10.7. The lowest BCUT2D eigenvalue weighted by Gasteiger charge is -2.12. The molecule has 82 valence electrons. The van der Waals surface area contributed by atoms with Gasteiger partial charge in [0.2, 0.25) is 0 Å². The molecule has 5 heteroatoms. The minimum Gasteiger partial charge on any atom is -0.366 e. The van der Waals surface area contributed by atoms with E-state index in [0.717, 1.165) is 12.8 Å². The maximum Gasteiger partial charge on any atom is 0.269 e. The highest BCUT2D eigenvalue weighted by atomic mass is 16.1. The Bertz CT molecular complexity index is 323. The number of nitrogens with one attached hydrogen (secondary N) is 1. The van der Waals surface area contributed by atoms with Crippen molar-refractivity contribution in [1.29, 1.82) is 0 Å². The Hall–Kier alpha value is -1.65. The first-order valence-electron chi connectivity index (χ1n) is 5.03. The molecule has 15 heavy (non-hydrogen) atoms. The van der Waals surface area contributed by atoms with Crippen molar-refractivity contribution in [3.8, 4) is 0 Å². The van der Waals surface area contributed by atoms with E-state index in [0.29, 0.717) is 11.9 Å². The van der Waals surface area contributed by atoms with Gasteiger partial charge in [0.25, 0.3) is 5.91 Å². The van der Waals surface area contributed by atoms with Crippen LogP contribution in [0.5, 0.6) is 0 Å². The molecule has 1 atom stereocenters. The minimum absolute atomic E-state index is 0.184. The first-order chi connectivity index (χ1) is 7.13. The summed E-state index contributed by atoms with van der Waals surface area (Å²) in [6.07, 6.45) is 2.18. The normalized spacial score (nSPS) is 12.1. The zero-order valence-corrected chi connectivity index (χ0v) is 9.03. The van der Waals surface area contributed by atoms with Crippen molar-refractivity contribution in [3.63, 3.8) is 0 Å². The molecule has 5 nitrogen and oxygen atoms in total. The fourth-order valence-corrected chi connectivity index (χ4v) is 1.30. The highest BCUT2D eigenvalue weighted by molar-refractivity contribution is 5.90. The monoisotopic (exact) mass is 208 g/mol. The number of carbonyl (C=O) groups excluding carboxylic acids is 1. The molecule has 0 radical (unpaired) electrons. The van der Waals surface area contributed by atoms with Crippen molar-refractivity contribution >= 4 is 11.7 Å². The molecular formula is C10H16N4O. The van der Waals surface area contributed by atoms with E-state index in [4.69, 9.17) is 5.73 Å². The lowest BCUT2D eigenvalue weighted by atomic mass is 10.2. The topological polar surface area (TPSA) is 80.9 Å². The van der Waals surface area contributed by atoms with Crippen LogP contribution in [0.3, 0.4) is 0 Å². The van der Waals surface area contributed by atoms with Crippen LogP contribution >= 0.6 is 0 Å². The largest absolute Gasteiger partial charge is 0.366 e. The fraction of sp³-hybridized carbons (Fsp3) is 0.500. The highest BCUT2D eigenvalue weighted by Crippen LogP contribution is 2.06. The van der Waals surface area contributed by atoms with Gasteiger partial charge in [-0.05, 0) is 25.5 Å². The van der Waals surface area contributed by atoms with Gasteiger partial charge < -0.3 is 11.1 Å². The minimum atomic E-state index is -0.560. The number of nitrogens with zero attached hydrogens (tertiary/aromatic N) is 2. The van der Waals surface area contributed by atoms with Crippen molar-refractivity contribution in [1.82, 2.24) is 10.2 Å². The number of primary amides is 1. The molecule has 0 aliphatic heterocycles. The first-order valence-corrected chi connectivity index (χ1v) is 5.03. The summed E-state index contributed by atoms with van der Waals surface area (Å²) in [4.78, 5) is 10.7. The Balaban J connectivity index is 2.60. The number of anilines is 1. The molecule has 1 heterocycles. The number of hydrogen-bond donors (Lipinski definition) is 2. The van der Waals surface area contributed by atoms with Gasteiger partial charge in [-0.2, -0.15) is 0 Å². The molecule has 0 spiro atoms. The molecule has 0 fully saturated rings. The quantitative estimate of drug-likeness (QED) is 0.761. The van der Waals surface area contributed by atoms with E-state index in [-0.39, 0.29) is 5.69 Å². The van der Waals surface area contributed by atoms with E-state index in [1.54, 1.807) is 12.1 Å². The van der Waals surface area contributed by atoms with Crippen molar-refractivity contribution in [2.45, 2.75) is 32.7 Å². The van der Waals surface area contributed by atoms with Crippen LogP contribution in [0.15, 0.2) is 12.1 Å². The van der Waals surface area contributed by atoms with Gasteiger partial charge in [-0.1, -0.05) is 13.3 Å². The SMILES string of the molecule is CCCC(C)Nc1ccc(C(N)=O)nn1. The third-order valence-corrected chi connectivity index (χ3v) is 2.03. The second-order valence-electron chi connectivity index (χ2n) is 3.50. The standard InChI is InChI=1S/C10H16N4O/c1-3-4-7(2)12-9-6-5-8(10(11)15)13-14-9/h5-7H,3-4H2,1-2H3,(H2,11,15)(H,12,14). The van der Waals surface area contributed by atoms with Crippen LogP contribution in [0.1, 0.15) is 37.2 Å². The first kappa shape index (κ1) is 11.4. The van der Waals surface area contributed by atoms with Gasteiger partial charge in [0.05, 0.1) is 0 Å². The van der Waals surface area contributed by atoms with E-state index >= 15 is 0 Å². The molecule has 0 bridgehead atoms. The lowest BCUT2D eigenvalue weighted by Crippen LogP contribution is -2.18. The fourth-order valence-electron chi connectivity index (χ4n) is 1.30. The molecular weight excluding hydrogens is 192 g/mol. The van der Waals surface area contributed by atoms with Gasteiger partial charge in [-0.3, -0.25) is 4.79 Å². The smallest absolute Gasteiger partial charge is 0.269 e. The van der Waals surface area contributed by atoms with Crippen molar-refractivity contribution in [3.05, 3.63) is 17.8 Å². The number of nitrogens with two attached hydrogens (primary N) is 1. The van der Waals surface area contributed by atoms with E-state index < -0.39 is 5.91 Å². The van der Waals surface area contributed by atoms with E-state index in [1.807, 2.05) is 0 Å². The molecule has 0 aliphatic carbocycles. The zero-order valence-electron chi connectivity index (χ0n) is 9.03. The summed E-state index contributed by atoms with van der Waals surface area (Å²) < 4.78 is 0. The summed E-state index contributed by atoms with van der Waals surface area (Å²) >= 11 is 0. The summed E-state index contributed by atoms with van der Waals surface area (Å²) in [6, 6.07) is 3.62. The zero-order chi connectivity index (χ0) is 11.3. The molecule has 1 aromatic rings. The molecule has 3 N–H and O–H groups in total. The van der Waals surface area contributed by atoms with Crippen LogP contribution < -0.4 is 11.1 Å². The van der Waals surface area contributed by atoms with Crippen molar-refractivity contribution < 1.29 is 4.79 Å². The molecule has 0 saturated carbocycles. The summed E-state index contributed by atoms with van der Waals surface area (Å²) in [5, 5.41) is 10.7. The number of aromatic nitrogens is 2. The number of rotatable bonds is 5. The third-order valence-electron chi connectivity index (χ3n) is 2.03. The summed E-state index contributed by atoms with van der Waals surface area (Å²) in [6.45, 7) is 4.20. The molecule has 1 unspecified atom stereocenters. The van der Waals surface area contributed by atoms with Crippen LogP contribution in [-0.2, 0) is 0 Å². The van der Waals surface area contributed by atoms with Crippen LogP contribution in [0, 0.1) is 0 Å². The Morgan fingerprint density at radius 1 is 1.53 bits per heavy atom. The lowest BCUT2D eigenvalue weighted by molar-refractivity contribution is 0.0994. The van der Waals surface area contributed by atoms with Crippen LogP contribution in [0.25, 0.3) is 0 Å². The van der Waals surface area contributed by atoms with Gasteiger partial charge in [0, 0.05) is 6.04 Å². The molecule has 0 aromatic carbocycles. The van der Waals surface area contributed by atoms with Gasteiger partial charge in [-0.15, -0.1) is 10.2 Å². The van der Waals surface area contributed by atoms with Crippen LogP contribution in [0.4, 0.5) is 5.82 Å². The predicted molar refractivity (Wildman–Crippen MR) is 58.5 cm³/mol. The third kappa shape index (κ3) is 3.53. The average molecular weight is 208 g/mol. The van der Waals surface area contributed by atoms with Gasteiger partial charge in [0.15, 0.2) is 5.69 Å². The molecule has 1 aromatic heterocycles. The van der Waals surface area contributed by atoms with Crippen molar-refractivity contribution in [2.75, 3.05) is 5.32 Å². The molecule has 0 aliphatic rings. The second-order valence-corrected chi connectivity index (χ2v) is 3.50. The molecule has 1 rings (SSSR count). The van der Waals surface area contributed by atoms with Gasteiger partial charge in [-0.25, -0.2) is 0 Å². The Labute approximate surface area is 89.1 Å². The Kier molecular flexibility index (Phi) is 4.03. The van der Waals surface area contributed by atoms with Crippen LogP contribution in [0.2, 0.25) is 0 Å². The Morgan fingerprint density at radius 2 is 2.27 bits per heavy atom. The van der Waals surface area contributed by atoms with E-state index in [9.17, 15) is 4.79 Å². The average Bonchev–Trinajstić information content (AvgIpc) is 2.18. The van der Waals surface area contributed by atoms with Gasteiger partial charge in [0.1, 0.15) is 5.82 Å². The second kappa shape index (κ2) is 5.29. The summed E-state index contributed by atoms with van der Waals surface area (Å²) in [5.41, 5.74) is 5.23. The predicted octanol–water partition coefficient (Wildman–Crippen LogP) is 1.18. The number of hydrogen-bond acceptors (Lipinski definition) is 4. The molecule has 0 saturated heterocycles.